The van der Waals surface area contributed by atoms with Crippen LogP contribution in [-0.2, 0) is 0 Å². The highest BCUT2D eigenvalue weighted by Crippen LogP contribution is 2.25. The molecule has 4 heteroatoms. The van der Waals surface area contributed by atoms with Gasteiger partial charge in [0.25, 0.3) is 0 Å². The molecule has 2 heterocycles. The van der Waals surface area contributed by atoms with Gasteiger partial charge in [-0.1, -0.05) is 18.2 Å². The zero-order valence-corrected chi connectivity index (χ0v) is 12.6. The first-order valence-electron chi connectivity index (χ1n) is 5.80. The molecule has 0 saturated carbocycles. The molecule has 0 atom stereocenters. The third-order valence-electron chi connectivity index (χ3n) is 2.89. The van der Waals surface area contributed by atoms with E-state index in [-0.39, 0.29) is 5.78 Å². The molecule has 0 amide bonds. The van der Waals surface area contributed by atoms with Crippen LogP contribution in [0.25, 0.3) is 10.9 Å². The van der Waals surface area contributed by atoms with Gasteiger partial charge in [-0.25, -0.2) is 4.98 Å². The Balaban J connectivity index is 2.14. The lowest BCUT2D eigenvalue weighted by molar-refractivity contribution is 0.103. The van der Waals surface area contributed by atoms with Crippen molar-refractivity contribution >= 4 is 44.0 Å². The summed E-state index contributed by atoms with van der Waals surface area (Å²) in [5.41, 5.74) is 2.00. The van der Waals surface area contributed by atoms with E-state index in [4.69, 9.17) is 0 Å². The predicted molar refractivity (Wildman–Crippen MR) is 81.9 cm³/mol. The van der Waals surface area contributed by atoms with E-state index in [2.05, 4.69) is 20.9 Å². The van der Waals surface area contributed by atoms with Gasteiger partial charge in [0.2, 0.25) is 5.78 Å². The molecular formula is C15H10BrNOS. The number of carbonyl (C=O) groups is 1. The van der Waals surface area contributed by atoms with Crippen LogP contribution in [0.2, 0.25) is 0 Å². The Bertz CT molecular complexity index is 779. The number of hydrogen-bond donors (Lipinski definition) is 0. The van der Waals surface area contributed by atoms with Gasteiger partial charge in [-0.3, -0.25) is 4.79 Å². The third kappa shape index (κ3) is 2.33. The van der Waals surface area contributed by atoms with E-state index in [9.17, 15) is 4.79 Å². The van der Waals surface area contributed by atoms with E-state index in [0.29, 0.717) is 11.3 Å². The molecule has 0 unspecified atom stereocenters. The molecular weight excluding hydrogens is 322 g/mol. The maximum Gasteiger partial charge on any atom is 0.213 e. The number of pyridine rings is 1. The van der Waals surface area contributed by atoms with Gasteiger partial charge in [0.15, 0.2) is 0 Å². The van der Waals surface area contributed by atoms with E-state index in [1.54, 1.807) is 11.3 Å². The van der Waals surface area contributed by atoms with Crippen molar-refractivity contribution in [2.24, 2.45) is 0 Å². The monoisotopic (exact) mass is 331 g/mol. The molecule has 0 N–H and O–H groups in total. The van der Waals surface area contributed by atoms with E-state index in [1.165, 1.54) is 0 Å². The molecule has 0 radical (unpaired) electrons. The van der Waals surface area contributed by atoms with Gasteiger partial charge in [0.05, 0.1) is 5.52 Å². The second kappa shape index (κ2) is 4.87. The van der Waals surface area contributed by atoms with Crippen molar-refractivity contribution < 1.29 is 4.79 Å². The summed E-state index contributed by atoms with van der Waals surface area (Å²) in [4.78, 5) is 18.0. The number of aryl methyl sites for hydroxylation is 1. The summed E-state index contributed by atoms with van der Waals surface area (Å²) in [5.74, 6) is -0.0398. The Morgan fingerprint density at radius 3 is 2.79 bits per heavy atom. The quantitative estimate of drug-likeness (QED) is 0.642. The first-order chi connectivity index (χ1) is 9.15. The average molecular weight is 332 g/mol. The standard InChI is InChI=1S/C15H10BrNOS/c1-9-6-11(8-19-9)15(18)14-12(16)7-10-4-2-3-5-13(10)17-14/h2-8H,1H3. The van der Waals surface area contributed by atoms with Crippen LogP contribution in [0.4, 0.5) is 0 Å². The van der Waals surface area contributed by atoms with Crippen molar-refractivity contribution in [3.05, 3.63) is 62.4 Å². The first-order valence-corrected chi connectivity index (χ1v) is 7.47. The zero-order chi connectivity index (χ0) is 13.4. The van der Waals surface area contributed by atoms with Gasteiger partial charge in [-0.15, -0.1) is 11.3 Å². The summed E-state index contributed by atoms with van der Waals surface area (Å²) in [7, 11) is 0. The minimum Gasteiger partial charge on any atom is -0.287 e. The van der Waals surface area contributed by atoms with Crippen LogP contribution >= 0.6 is 27.3 Å². The van der Waals surface area contributed by atoms with Crippen molar-refractivity contribution in [3.63, 3.8) is 0 Å². The van der Waals surface area contributed by atoms with Crippen LogP contribution < -0.4 is 0 Å². The summed E-state index contributed by atoms with van der Waals surface area (Å²) in [5, 5.41) is 2.90. The fourth-order valence-corrected chi connectivity index (χ4v) is 3.15. The van der Waals surface area contributed by atoms with Crippen molar-refractivity contribution in [1.82, 2.24) is 4.98 Å². The largest absolute Gasteiger partial charge is 0.287 e. The molecule has 0 aliphatic rings. The molecule has 0 fully saturated rings. The third-order valence-corrected chi connectivity index (χ3v) is 4.35. The lowest BCUT2D eigenvalue weighted by Gasteiger charge is -2.04. The lowest BCUT2D eigenvalue weighted by atomic mass is 10.1. The normalized spacial score (nSPS) is 10.8. The maximum absolute atomic E-state index is 12.4. The van der Waals surface area contributed by atoms with Gasteiger partial charge >= 0.3 is 0 Å². The Morgan fingerprint density at radius 2 is 2.05 bits per heavy atom. The minimum absolute atomic E-state index is 0.0398. The topological polar surface area (TPSA) is 30.0 Å². The molecule has 0 bridgehead atoms. The Kier molecular flexibility index (Phi) is 3.21. The number of carbonyl (C=O) groups excluding carboxylic acids is 1. The van der Waals surface area contributed by atoms with Crippen molar-refractivity contribution in [3.8, 4) is 0 Å². The van der Waals surface area contributed by atoms with Crippen molar-refractivity contribution in [2.45, 2.75) is 6.92 Å². The van der Waals surface area contributed by atoms with Crippen LogP contribution in [-0.4, -0.2) is 10.8 Å². The molecule has 3 aromatic rings. The van der Waals surface area contributed by atoms with Gasteiger partial charge in [0, 0.05) is 25.7 Å². The number of para-hydroxylation sites is 1. The predicted octanol–water partition coefficient (Wildman–Crippen LogP) is 4.60. The lowest BCUT2D eigenvalue weighted by Crippen LogP contribution is -2.04. The average Bonchev–Trinajstić information content (AvgIpc) is 2.84. The molecule has 2 aromatic heterocycles. The molecule has 3 rings (SSSR count). The van der Waals surface area contributed by atoms with Crippen LogP contribution in [0, 0.1) is 6.92 Å². The smallest absolute Gasteiger partial charge is 0.213 e. The summed E-state index contributed by atoms with van der Waals surface area (Å²) in [6, 6.07) is 11.6. The number of halogens is 1. The highest BCUT2D eigenvalue weighted by Gasteiger charge is 2.16. The molecule has 19 heavy (non-hydrogen) atoms. The number of fused-ring (bicyclic) bond motifs is 1. The summed E-state index contributed by atoms with van der Waals surface area (Å²) >= 11 is 5.02. The molecule has 0 saturated heterocycles. The van der Waals surface area contributed by atoms with E-state index in [1.807, 2.05) is 48.7 Å². The fourth-order valence-electron chi connectivity index (χ4n) is 1.95. The molecule has 0 aliphatic heterocycles. The van der Waals surface area contributed by atoms with Crippen LogP contribution in [0.5, 0.6) is 0 Å². The highest BCUT2D eigenvalue weighted by molar-refractivity contribution is 9.10. The SMILES string of the molecule is Cc1cc(C(=O)c2nc3ccccc3cc2Br)cs1. The number of aromatic nitrogens is 1. The number of hydrogen-bond acceptors (Lipinski definition) is 3. The van der Waals surface area contributed by atoms with Crippen molar-refractivity contribution in [2.75, 3.05) is 0 Å². The molecule has 0 aliphatic carbocycles. The fraction of sp³-hybridized carbons (Fsp3) is 0.0667. The highest BCUT2D eigenvalue weighted by atomic mass is 79.9. The van der Waals surface area contributed by atoms with Gasteiger partial charge in [-0.05, 0) is 41.1 Å². The number of benzene rings is 1. The number of thiophene rings is 1. The first kappa shape index (κ1) is 12.5. The van der Waals surface area contributed by atoms with E-state index >= 15 is 0 Å². The van der Waals surface area contributed by atoms with Crippen molar-refractivity contribution in [1.29, 1.82) is 0 Å². The Hall–Kier alpha value is -1.52. The molecule has 0 spiro atoms. The summed E-state index contributed by atoms with van der Waals surface area (Å²) < 4.78 is 0.736. The maximum atomic E-state index is 12.4. The van der Waals surface area contributed by atoms with E-state index < -0.39 is 0 Å². The molecule has 94 valence electrons. The minimum atomic E-state index is -0.0398. The van der Waals surface area contributed by atoms with E-state index in [0.717, 1.165) is 20.3 Å². The zero-order valence-electron chi connectivity index (χ0n) is 10.2. The number of nitrogens with zero attached hydrogens (tertiary/aromatic N) is 1. The van der Waals surface area contributed by atoms with Crippen LogP contribution in [0.15, 0.2) is 46.3 Å². The Morgan fingerprint density at radius 1 is 1.26 bits per heavy atom. The van der Waals surface area contributed by atoms with Gasteiger partial charge < -0.3 is 0 Å². The second-order valence-corrected chi connectivity index (χ2v) is 6.26. The summed E-state index contributed by atoms with van der Waals surface area (Å²) in [6.45, 7) is 1.99. The number of ketones is 1. The number of rotatable bonds is 2. The molecule has 2 nitrogen and oxygen atoms in total. The Labute approximate surface area is 123 Å². The van der Waals surface area contributed by atoms with Gasteiger partial charge in [0.1, 0.15) is 5.69 Å². The summed E-state index contributed by atoms with van der Waals surface area (Å²) in [6.07, 6.45) is 0. The van der Waals surface area contributed by atoms with Crippen LogP contribution in [0.3, 0.4) is 0 Å². The van der Waals surface area contributed by atoms with Gasteiger partial charge in [-0.2, -0.15) is 0 Å². The van der Waals surface area contributed by atoms with Crippen LogP contribution in [0.1, 0.15) is 20.9 Å². The second-order valence-electron chi connectivity index (χ2n) is 4.29. The molecule has 1 aromatic carbocycles.